The molecule has 2 atom stereocenters. The predicted molar refractivity (Wildman–Crippen MR) is 186 cm³/mol. The monoisotopic (exact) mass is 720 g/mol. The number of carboxylic acids is 1. The third-order valence-electron chi connectivity index (χ3n) is 12.3. The molecule has 0 unspecified atom stereocenters. The zero-order valence-corrected chi connectivity index (χ0v) is 29.8. The first-order chi connectivity index (χ1) is 24.7. The molecule has 4 aliphatic rings. The van der Waals surface area contributed by atoms with Crippen molar-refractivity contribution in [3.05, 3.63) is 88.5 Å². The third-order valence-corrected chi connectivity index (χ3v) is 12.3. The summed E-state index contributed by atoms with van der Waals surface area (Å²) in [6, 6.07) is 11.4. The van der Waals surface area contributed by atoms with Crippen molar-refractivity contribution in [1.29, 1.82) is 0 Å². The smallest absolute Gasteiger partial charge is 0.336 e. The fourth-order valence-corrected chi connectivity index (χ4v) is 8.79. The predicted octanol–water partition coefficient (Wildman–Crippen LogP) is 7.01. The van der Waals surface area contributed by atoms with E-state index in [4.69, 9.17) is 4.74 Å². The average molecular weight is 721 g/mol. The molecule has 3 aromatic rings. The summed E-state index contributed by atoms with van der Waals surface area (Å²) in [7, 11) is 0. The molecular formula is C40H47F3N4O5. The Balaban J connectivity index is 1.06. The van der Waals surface area contributed by atoms with Crippen molar-refractivity contribution in [2.45, 2.75) is 83.8 Å². The number of hydrogen-bond acceptors (Lipinski definition) is 5. The summed E-state index contributed by atoms with van der Waals surface area (Å²) >= 11 is 0. The molecule has 2 saturated carbocycles. The fourth-order valence-electron chi connectivity index (χ4n) is 8.79. The number of amides is 2. The van der Waals surface area contributed by atoms with Gasteiger partial charge in [-0.3, -0.25) is 14.3 Å². The van der Waals surface area contributed by atoms with Crippen LogP contribution in [0.3, 0.4) is 0 Å². The van der Waals surface area contributed by atoms with Crippen molar-refractivity contribution in [2.24, 2.45) is 22.7 Å². The molecule has 1 N–H and O–H groups in total. The van der Waals surface area contributed by atoms with Gasteiger partial charge in [0.2, 0.25) is 11.8 Å². The van der Waals surface area contributed by atoms with Gasteiger partial charge >= 0.3 is 5.97 Å². The van der Waals surface area contributed by atoms with Gasteiger partial charge in [-0.15, -0.1) is 0 Å². The maximum atomic E-state index is 13.9. The van der Waals surface area contributed by atoms with Crippen molar-refractivity contribution < 1.29 is 37.4 Å². The summed E-state index contributed by atoms with van der Waals surface area (Å²) in [4.78, 5) is 43.5. The number of carbonyl (C=O) groups is 3. The minimum absolute atomic E-state index is 0.0362. The average Bonchev–Trinajstić information content (AvgIpc) is 3.38. The van der Waals surface area contributed by atoms with Crippen molar-refractivity contribution >= 4 is 17.8 Å². The lowest BCUT2D eigenvalue weighted by atomic mass is 9.71. The van der Waals surface area contributed by atoms with Crippen LogP contribution < -0.4 is 0 Å². The quantitative estimate of drug-likeness (QED) is 0.242. The Bertz CT molecular complexity index is 1810. The number of carbonyl (C=O) groups excluding carboxylic acids is 2. The van der Waals surface area contributed by atoms with E-state index in [1.54, 1.807) is 47.4 Å². The first kappa shape index (κ1) is 36.2. The number of rotatable bonds is 10. The summed E-state index contributed by atoms with van der Waals surface area (Å²) in [5.41, 5.74) is 2.26. The van der Waals surface area contributed by atoms with E-state index in [1.807, 2.05) is 9.80 Å². The van der Waals surface area contributed by atoms with Gasteiger partial charge < -0.3 is 19.6 Å². The number of aromatic carboxylic acids is 1. The molecule has 4 fully saturated rings. The summed E-state index contributed by atoms with van der Waals surface area (Å²) in [6.45, 7) is 7.10. The van der Waals surface area contributed by atoms with Gasteiger partial charge in [0.25, 0.3) is 5.91 Å². The standard InChI is InChI=1S/C40H47F3N4O5/c1-38(2)18-33(38)36(49)45-16-14-39(15-17-45)25-46(35(48)29-19-44-47(21-29)20-26-6-8-31(41)9-7-26)22-30(39)24-52-23-28-4-3-5-32(34(28)37(50)51)27-10-12-40(42,43)13-11-27/h3-9,19,21,27,30,33H,10-18,20,22-25H2,1-2H3,(H,50,51)/t30-,33+/m0/s1. The van der Waals surface area contributed by atoms with Crippen LogP contribution >= 0.6 is 0 Å². The summed E-state index contributed by atoms with van der Waals surface area (Å²) in [6.07, 6.45) is 5.53. The van der Waals surface area contributed by atoms with Crippen LogP contribution in [-0.4, -0.2) is 81.2 Å². The van der Waals surface area contributed by atoms with Gasteiger partial charge in [0.05, 0.1) is 37.1 Å². The molecule has 3 heterocycles. The number of hydrogen-bond donors (Lipinski definition) is 1. The highest BCUT2D eigenvalue weighted by molar-refractivity contribution is 5.94. The second-order valence-electron chi connectivity index (χ2n) is 16.2. The minimum Gasteiger partial charge on any atom is -0.478 e. The van der Waals surface area contributed by atoms with Crippen LogP contribution in [-0.2, 0) is 22.7 Å². The highest BCUT2D eigenvalue weighted by Gasteiger charge is 2.54. The van der Waals surface area contributed by atoms with E-state index < -0.39 is 11.9 Å². The van der Waals surface area contributed by atoms with Crippen LogP contribution in [0.5, 0.6) is 0 Å². The molecule has 7 rings (SSSR count). The molecule has 0 radical (unpaired) electrons. The van der Waals surface area contributed by atoms with Gasteiger partial charge in [-0.1, -0.05) is 44.2 Å². The van der Waals surface area contributed by atoms with Crippen molar-refractivity contribution in [3.8, 4) is 0 Å². The number of benzene rings is 2. The molecule has 0 bridgehead atoms. The Morgan fingerprint density at radius 1 is 0.981 bits per heavy atom. The normalized spacial score (nSPS) is 23.6. The summed E-state index contributed by atoms with van der Waals surface area (Å²) in [5.74, 6) is -4.34. The van der Waals surface area contributed by atoms with Gasteiger partial charge in [0.15, 0.2) is 0 Å². The van der Waals surface area contributed by atoms with Gasteiger partial charge in [-0.2, -0.15) is 5.10 Å². The van der Waals surface area contributed by atoms with Crippen LogP contribution in [0.1, 0.15) is 102 Å². The van der Waals surface area contributed by atoms with Crippen LogP contribution in [0.15, 0.2) is 54.9 Å². The number of likely N-dealkylation sites (tertiary alicyclic amines) is 2. The highest BCUT2D eigenvalue weighted by atomic mass is 19.3. The Morgan fingerprint density at radius 3 is 2.33 bits per heavy atom. The Kier molecular flexibility index (Phi) is 9.73. The Labute approximate surface area is 302 Å². The number of nitrogens with zero attached hydrogens (tertiary/aromatic N) is 4. The zero-order valence-electron chi connectivity index (χ0n) is 29.8. The molecule has 2 amide bonds. The third kappa shape index (κ3) is 7.49. The molecule has 12 heteroatoms. The van der Waals surface area contributed by atoms with E-state index in [9.17, 15) is 32.7 Å². The van der Waals surface area contributed by atoms with Crippen molar-refractivity contribution in [3.63, 3.8) is 0 Å². The highest BCUT2D eigenvalue weighted by Crippen LogP contribution is 2.53. The van der Waals surface area contributed by atoms with E-state index in [2.05, 4.69) is 18.9 Å². The lowest BCUT2D eigenvalue weighted by molar-refractivity contribution is -0.136. The second-order valence-corrected chi connectivity index (χ2v) is 16.2. The largest absolute Gasteiger partial charge is 0.478 e. The van der Waals surface area contributed by atoms with E-state index in [-0.39, 0.29) is 90.7 Å². The Hall–Kier alpha value is -4.19. The number of aromatic nitrogens is 2. The fraction of sp³-hybridized carbons (Fsp3) is 0.550. The van der Waals surface area contributed by atoms with Crippen molar-refractivity contribution in [2.75, 3.05) is 32.8 Å². The molecular weight excluding hydrogens is 673 g/mol. The maximum absolute atomic E-state index is 13.9. The number of halogens is 3. The second kappa shape index (κ2) is 14.0. The molecule has 1 aromatic heterocycles. The summed E-state index contributed by atoms with van der Waals surface area (Å²) in [5, 5.41) is 14.6. The van der Waals surface area contributed by atoms with Gasteiger partial charge in [-0.25, -0.2) is 18.0 Å². The molecule has 2 aliphatic carbocycles. The molecule has 278 valence electrons. The molecule has 2 saturated heterocycles. The number of carboxylic acid groups (broad SMARTS) is 1. The van der Waals surface area contributed by atoms with Gasteiger partial charge in [0.1, 0.15) is 5.82 Å². The lowest BCUT2D eigenvalue weighted by Gasteiger charge is -2.42. The Morgan fingerprint density at radius 2 is 1.67 bits per heavy atom. The number of piperidine rings is 1. The van der Waals surface area contributed by atoms with Crippen LogP contribution in [0, 0.1) is 28.5 Å². The maximum Gasteiger partial charge on any atom is 0.336 e. The summed E-state index contributed by atoms with van der Waals surface area (Å²) < 4.78 is 49.2. The van der Waals surface area contributed by atoms with E-state index in [0.29, 0.717) is 49.4 Å². The molecule has 2 aromatic carbocycles. The molecule has 2 aliphatic heterocycles. The van der Waals surface area contributed by atoms with E-state index in [1.165, 1.54) is 12.1 Å². The first-order valence-corrected chi connectivity index (χ1v) is 18.4. The topological polar surface area (TPSA) is 105 Å². The SMILES string of the molecule is CC1(C)C[C@@H]1C(=O)N1CCC2(CC1)CN(C(=O)c1cnn(Cc3ccc(F)cc3)c1)C[C@H]2COCc1cccc(C2CCC(F)(F)CC2)c1C(=O)O. The number of alkyl halides is 2. The molecule has 52 heavy (non-hydrogen) atoms. The van der Waals surface area contributed by atoms with Crippen LogP contribution in [0.25, 0.3) is 0 Å². The molecule has 1 spiro atoms. The van der Waals surface area contributed by atoms with Crippen molar-refractivity contribution in [1.82, 2.24) is 19.6 Å². The van der Waals surface area contributed by atoms with Crippen LogP contribution in [0.2, 0.25) is 0 Å². The zero-order chi connectivity index (χ0) is 36.8. The lowest BCUT2D eigenvalue weighted by Crippen LogP contribution is -2.48. The van der Waals surface area contributed by atoms with E-state index >= 15 is 0 Å². The van der Waals surface area contributed by atoms with Gasteiger partial charge in [0, 0.05) is 57.1 Å². The van der Waals surface area contributed by atoms with Crippen LogP contribution in [0.4, 0.5) is 13.2 Å². The first-order valence-electron chi connectivity index (χ1n) is 18.4. The van der Waals surface area contributed by atoms with Gasteiger partial charge in [-0.05, 0) is 77.7 Å². The minimum atomic E-state index is -2.71. The van der Waals surface area contributed by atoms with E-state index in [0.717, 1.165) is 24.8 Å². The number of ether oxygens (including phenoxy) is 1. The molecule has 9 nitrogen and oxygen atoms in total.